The Hall–Kier alpha value is -2.69. The molecule has 5 heteroatoms. The second-order valence-electron chi connectivity index (χ2n) is 4.40. The van der Waals surface area contributed by atoms with E-state index in [0.717, 1.165) is 0 Å². The van der Waals surface area contributed by atoms with Crippen molar-refractivity contribution in [2.45, 2.75) is 0 Å². The number of halogens is 3. The van der Waals surface area contributed by atoms with Crippen molar-refractivity contribution in [3.63, 3.8) is 0 Å². The van der Waals surface area contributed by atoms with Crippen LogP contribution >= 0.6 is 0 Å². The smallest absolute Gasteiger partial charge is 0.136 e. The summed E-state index contributed by atoms with van der Waals surface area (Å²) >= 11 is 0. The van der Waals surface area contributed by atoms with Crippen LogP contribution in [0.1, 0.15) is 0 Å². The Balaban J connectivity index is 2.26. The van der Waals surface area contributed by atoms with Gasteiger partial charge in [0.1, 0.15) is 23.1 Å². The molecule has 0 saturated heterocycles. The average Bonchev–Trinajstić information content (AvgIpc) is 2.48. The molecular formula is C16H9F3N2. The Labute approximate surface area is 118 Å². The van der Waals surface area contributed by atoms with Crippen molar-refractivity contribution in [2.24, 2.45) is 0 Å². The predicted molar refractivity (Wildman–Crippen MR) is 72.8 cm³/mol. The maximum atomic E-state index is 14.0. The first-order valence-electron chi connectivity index (χ1n) is 6.19. The van der Waals surface area contributed by atoms with E-state index in [1.54, 1.807) is 24.3 Å². The van der Waals surface area contributed by atoms with Crippen molar-refractivity contribution in [1.29, 1.82) is 0 Å². The van der Waals surface area contributed by atoms with Gasteiger partial charge in [0, 0.05) is 23.3 Å². The third kappa shape index (κ3) is 2.50. The molecule has 1 aromatic heterocycles. The lowest BCUT2D eigenvalue weighted by Gasteiger charge is -2.10. The molecule has 21 heavy (non-hydrogen) atoms. The fourth-order valence-electron chi connectivity index (χ4n) is 2.14. The van der Waals surface area contributed by atoms with Crippen LogP contribution in [0, 0.1) is 17.5 Å². The number of aromatic nitrogens is 2. The molecule has 104 valence electrons. The van der Waals surface area contributed by atoms with Gasteiger partial charge in [-0.25, -0.2) is 13.2 Å². The average molecular weight is 286 g/mol. The SMILES string of the molecule is Fc1cc(F)c(-c2ccnnc2-c2ccccc2)c(F)c1. The van der Waals surface area contributed by atoms with Gasteiger partial charge in [-0.1, -0.05) is 30.3 Å². The first-order chi connectivity index (χ1) is 10.2. The summed E-state index contributed by atoms with van der Waals surface area (Å²) in [5, 5.41) is 7.71. The summed E-state index contributed by atoms with van der Waals surface area (Å²) in [6, 6.07) is 11.6. The number of rotatable bonds is 2. The van der Waals surface area contributed by atoms with Gasteiger partial charge in [0.15, 0.2) is 0 Å². The molecule has 0 aliphatic carbocycles. The van der Waals surface area contributed by atoms with Crippen LogP contribution in [0.3, 0.4) is 0 Å². The number of hydrogen-bond donors (Lipinski definition) is 0. The molecule has 0 spiro atoms. The van der Waals surface area contributed by atoms with E-state index < -0.39 is 17.5 Å². The highest BCUT2D eigenvalue weighted by atomic mass is 19.1. The van der Waals surface area contributed by atoms with Crippen LogP contribution in [-0.2, 0) is 0 Å². The van der Waals surface area contributed by atoms with Crippen LogP contribution in [-0.4, -0.2) is 10.2 Å². The van der Waals surface area contributed by atoms with Crippen LogP contribution in [0.15, 0.2) is 54.7 Å². The zero-order valence-corrected chi connectivity index (χ0v) is 10.7. The summed E-state index contributed by atoms with van der Waals surface area (Å²) in [4.78, 5) is 0. The van der Waals surface area contributed by atoms with E-state index >= 15 is 0 Å². The van der Waals surface area contributed by atoms with Gasteiger partial charge in [-0.2, -0.15) is 5.10 Å². The highest BCUT2D eigenvalue weighted by Gasteiger charge is 2.18. The Kier molecular flexibility index (Phi) is 3.39. The van der Waals surface area contributed by atoms with Gasteiger partial charge in [-0.05, 0) is 6.07 Å². The number of nitrogens with zero attached hydrogens (tertiary/aromatic N) is 2. The topological polar surface area (TPSA) is 25.8 Å². The lowest BCUT2D eigenvalue weighted by Crippen LogP contribution is -1.97. The molecule has 0 aliphatic rings. The van der Waals surface area contributed by atoms with Gasteiger partial charge >= 0.3 is 0 Å². The van der Waals surface area contributed by atoms with Crippen LogP contribution in [0.4, 0.5) is 13.2 Å². The van der Waals surface area contributed by atoms with Crippen molar-refractivity contribution < 1.29 is 13.2 Å². The number of hydrogen-bond acceptors (Lipinski definition) is 2. The third-order valence-corrected chi connectivity index (χ3v) is 3.04. The van der Waals surface area contributed by atoms with Gasteiger partial charge in [0.05, 0.1) is 11.8 Å². The highest BCUT2D eigenvalue weighted by Crippen LogP contribution is 2.33. The third-order valence-electron chi connectivity index (χ3n) is 3.04. The Morgan fingerprint density at radius 3 is 2.14 bits per heavy atom. The van der Waals surface area contributed by atoms with E-state index in [1.165, 1.54) is 12.3 Å². The Morgan fingerprint density at radius 1 is 0.810 bits per heavy atom. The Morgan fingerprint density at radius 2 is 1.48 bits per heavy atom. The molecule has 2 nitrogen and oxygen atoms in total. The normalized spacial score (nSPS) is 10.6. The second kappa shape index (κ2) is 5.36. The fourth-order valence-corrected chi connectivity index (χ4v) is 2.14. The van der Waals surface area contributed by atoms with E-state index in [4.69, 9.17) is 0 Å². The molecule has 2 aromatic carbocycles. The summed E-state index contributed by atoms with van der Waals surface area (Å²) in [7, 11) is 0. The first kappa shape index (κ1) is 13.3. The summed E-state index contributed by atoms with van der Waals surface area (Å²) in [6.07, 6.45) is 1.34. The molecule has 0 N–H and O–H groups in total. The van der Waals surface area contributed by atoms with Gasteiger partial charge in [0.25, 0.3) is 0 Å². The summed E-state index contributed by atoms with van der Waals surface area (Å²) in [5.41, 5.74) is 0.919. The van der Waals surface area contributed by atoms with E-state index in [2.05, 4.69) is 10.2 Å². The van der Waals surface area contributed by atoms with Gasteiger partial charge < -0.3 is 0 Å². The molecular weight excluding hydrogens is 277 g/mol. The summed E-state index contributed by atoms with van der Waals surface area (Å²) in [6.45, 7) is 0. The molecule has 0 saturated carbocycles. The van der Waals surface area contributed by atoms with Crippen molar-refractivity contribution in [3.05, 3.63) is 72.2 Å². The molecule has 0 amide bonds. The maximum Gasteiger partial charge on any atom is 0.136 e. The monoisotopic (exact) mass is 286 g/mol. The quantitative estimate of drug-likeness (QED) is 0.704. The molecule has 0 fully saturated rings. The van der Waals surface area contributed by atoms with Crippen LogP contribution < -0.4 is 0 Å². The fraction of sp³-hybridized carbons (Fsp3) is 0. The predicted octanol–water partition coefficient (Wildman–Crippen LogP) is 4.23. The lowest BCUT2D eigenvalue weighted by molar-refractivity contribution is 0.548. The van der Waals surface area contributed by atoms with Crippen molar-refractivity contribution >= 4 is 0 Å². The molecule has 0 atom stereocenters. The van der Waals surface area contributed by atoms with E-state index in [9.17, 15) is 13.2 Å². The maximum absolute atomic E-state index is 14.0. The standard InChI is InChI=1S/C16H9F3N2/c17-11-8-13(18)15(14(19)9-11)12-6-7-20-21-16(12)10-4-2-1-3-5-10/h1-9H. The summed E-state index contributed by atoms with van der Waals surface area (Å²) < 4.78 is 41.0. The molecule has 0 unspecified atom stereocenters. The van der Waals surface area contributed by atoms with Gasteiger partial charge in [0.2, 0.25) is 0 Å². The van der Waals surface area contributed by atoms with Crippen LogP contribution in [0.25, 0.3) is 22.4 Å². The Bertz CT molecular complexity index is 766. The minimum atomic E-state index is -0.974. The van der Waals surface area contributed by atoms with Gasteiger partial charge in [-0.15, -0.1) is 5.10 Å². The van der Waals surface area contributed by atoms with E-state index in [-0.39, 0.29) is 11.1 Å². The molecule has 3 aromatic rings. The van der Waals surface area contributed by atoms with E-state index in [1.807, 2.05) is 6.07 Å². The zero-order valence-electron chi connectivity index (χ0n) is 10.7. The molecule has 1 heterocycles. The van der Waals surface area contributed by atoms with Crippen LogP contribution in [0.5, 0.6) is 0 Å². The van der Waals surface area contributed by atoms with Crippen molar-refractivity contribution in [2.75, 3.05) is 0 Å². The molecule has 0 bridgehead atoms. The van der Waals surface area contributed by atoms with Crippen LogP contribution in [0.2, 0.25) is 0 Å². The lowest BCUT2D eigenvalue weighted by atomic mass is 9.99. The molecule has 3 rings (SSSR count). The number of benzene rings is 2. The van der Waals surface area contributed by atoms with Gasteiger partial charge in [-0.3, -0.25) is 0 Å². The van der Waals surface area contributed by atoms with E-state index in [0.29, 0.717) is 23.4 Å². The highest BCUT2D eigenvalue weighted by molar-refractivity contribution is 5.80. The minimum Gasteiger partial charge on any atom is -0.207 e. The molecule has 0 aliphatic heterocycles. The van der Waals surface area contributed by atoms with Crippen molar-refractivity contribution in [1.82, 2.24) is 10.2 Å². The molecule has 0 radical (unpaired) electrons. The van der Waals surface area contributed by atoms with Crippen molar-refractivity contribution in [3.8, 4) is 22.4 Å². The zero-order chi connectivity index (χ0) is 14.8. The largest absolute Gasteiger partial charge is 0.207 e. The first-order valence-corrected chi connectivity index (χ1v) is 6.19. The minimum absolute atomic E-state index is 0.228. The second-order valence-corrected chi connectivity index (χ2v) is 4.40. The summed E-state index contributed by atoms with van der Waals surface area (Å²) in [5.74, 6) is -2.91.